The molecule has 1 aliphatic carbocycles. The van der Waals surface area contributed by atoms with Gasteiger partial charge in [-0.25, -0.2) is 5.32 Å². The predicted molar refractivity (Wildman–Crippen MR) is 141 cm³/mol. The van der Waals surface area contributed by atoms with E-state index in [1.54, 1.807) is 0 Å². The molecule has 7 rings (SSSR count). The van der Waals surface area contributed by atoms with Gasteiger partial charge in [-0.2, -0.15) is 4.99 Å². The molecule has 4 unspecified atom stereocenters. The van der Waals surface area contributed by atoms with Crippen LogP contribution < -0.4 is 15.5 Å². The molecule has 3 N–H and O–H groups in total. The lowest BCUT2D eigenvalue weighted by Gasteiger charge is -2.38. The van der Waals surface area contributed by atoms with Crippen molar-refractivity contribution in [2.45, 2.75) is 24.4 Å². The monoisotopic (exact) mass is 455 g/mol. The Bertz CT molecular complexity index is 1430. The standard InChI is InChI=1S/C31H26N4/c1-3-12-22(13-4-1)29-32-30(23-14-5-2-6-15-23)34-31(33-29)35-26-18-10-9-17-25(26)28-24-16-8-7-11-21(24)19-20-27(28)35/h1-20,27-29,31,33H,(H,32,34)/p+1. The summed E-state index contributed by atoms with van der Waals surface area (Å²) in [5.41, 5.74) is 7.72. The normalized spacial score (nSPS) is 24.3. The Morgan fingerprint density at radius 1 is 0.714 bits per heavy atom. The van der Waals surface area contributed by atoms with Crippen LogP contribution in [0.3, 0.4) is 0 Å². The van der Waals surface area contributed by atoms with Crippen LogP contribution in [-0.4, -0.2) is 18.2 Å². The van der Waals surface area contributed by atoms with E-state index >= 15 is 0 Å². The van der Waals surface area contributed by atoms with E-state index < -0.39 is 0 Å². The van der Waals surface area contributed by atoms with Crippen molar-refractivity contribution >= 4 is 17.6 Å². The second-order valence-corrected chi connectivity index (χ2v) is 9.40. The lowest BCUT2D eigenvalue weighted by atomic mass is 9.81. The second kappa shape index (κ2) is 8.35. The molecule has 4 atom stereocenters. The van der Waals surface area contributed by atoms with Crippen LogP contribution in [0.5, 0.6) is 0 Å². The fourth-order valence-corrected chi connectivity index (χ4v) is 5.84. The van der Waals surface area contributed by atoms with Crippen LogP contribution in [0, 0.1) is 0 Å². The highest BCUT2D eigenvalue weighted by atomic mass is 15.4. The van der Waals surface area contributed by atoms with Crippen LogP contribution >= 0.6 is 0 Å². The van der Waals surface area contributed by atoms with Gasteiger partial charge in [0.25, 0.3) is 0 Å². The maximum absolute atomic E-state index is 5.30. The Hall–Kier alpha value is -3.99. The molecule has 0 radical (unpaired) electrons. The van der Waals surface area contributed by atoms with Gasteiger partial charge in [0.2, 0.25) is 5.84 Å². The summed E-state index contributed by atoms with van der Waals surface area (Å²) in [4.78, 5) is 7.78. The molecule has 0 fully saturated rings. The third-order valence-electron chi connectivity index (χ3n) is 7.42. The van der Waals surface area contributed by atoms with Crippen molar-refractivity contribution in [1.82, 2.24) is 5.32 Å². The van der Waals surface area contributed by atoms with Gasteiger partial charge in [-0.3, -0.25) is 5.32 Å². The van der Waals surface area contributed by atoms with Crippen molar-refractivity contribution < 1.29 is 5.32 Å². The van der Waals surface area contributed by atoms with E-state index in [1.807, 2.05) is 0 Å². The summed E-state index contributed by atoms with van der Waals surface area (Å²) in [5, 5.41) is 6.11. The molecule has 2 heterocycles. The molecule has 4 heteroatoms. The molecule has 4 nitrogen and oxygen atoms in total. The highest BCUT2D eigenvalue weighted by molar-refractivity contribution is 5.92. The molecule has 0 bridgehead atoms. The summed E-state index contributed by atoms with van der Waals surface area (Å²) < 4.78 is 0. The van der Waals surface area contributed by atoms with Crippen LogP contribution in [0.2, 0.25) is 0 Å². The molecule has 170 valence electrons. The molecular weight excluding hydrogens is 428 g/mol. The molecule has 35 heavy (non-hydrogen) atoms. The first kappa shape index (κ1) is 20.4. The minimum atomic E-state index is -0.188. The number of hydrogen-bond donors (Lipinski definition) is 2. The van der Waals surface area contributed by atoms with E-state index in [-0.39, 0.29) is 18.5 Å². The number of aliphatic imine (C=N–C) groups is 1. The number of nitrogens with zero attached hydrogens (tertiary/aromatic N) is 2. The van der Waals surface area contributed by atoms with Gasteiger partial charge in [-0.15, -0.1) is 0 Å². The van der Waals surface area contributed by atoms with Crippen molar-refractivity contribution in [3.63, 3.8) is 0 Å². The number of benzene rings is 4. The van der Waals surface area contributed by atoms with Gasteiger partial charge in [0, 0.05) is 17.2 Å². The quantitative estimate of drug-likeness (QED) is 0.473. The minimum Gasteiger partial charge on any atom is -0.329 e. The van der Waals surface area contributed by atoms with E-state index in [2.05, 4.69) is 137 Å². The van der Waals surface area contributed by atoms with Crippen molar-refractivity contribution in [3.8, 4) is 0 Å². The zero-order valence-corrected chi connectivity index (χ0v) is 19.3. The number of quaternary nitrogens is 1. The van der Waals surface area contributed by atoms with Crippen LogP contribution in [0.15, 0.2) is 120 Å². The molecule has 0 saturated carbocycles. The van der Waals surface area contributed by atoms with Gasteiger partial charge in [0.05, 0.1) is 11.6 Å². The first-order valence-corrected chi connectivity index (χ1v) is 12.3. The zero-order chi connectivity index (χ0) is 23.2. The molecule has 4 aromatic rings. The minimum absolute atomic E-state index is 0.0694. The van der Waals surface area contributed by atoms with Crippen LogP contribution in [0.4, 0.5) is 5.69 Å². The Balaban J connectivity index is 1.36. The number of rotatable bonds is 3. The number of para-hydroxylation sites is 1. The van der Waals surface area contributed by atoms with E-state index in [1.165, 1.54) is 27.9 Å². The molecule has 0 spiro atoms. The van der Waals surface area contributed by atoms with Gasteiger partial charge >= 0.3 is 0 Å². The summed E-state index contributed by atoms with van der Waals surface area (Å²) in [6, 6.07) is 39.0. The lowest BCUT2D eigenvalue weighted by molar-refractivity contribution is -0.600. The number of nitrogens with one attached hydrogen (secondary N) is 1. The molecule has 0 saturated heterocycles. The average molecular weight is 456 g/mol. The fourth-order valence-electron chi connectivity index (χ4n) is 5.84. The van der Waals surface area contributed by atoms with Crippen molar-refractivity contribution in [1.29, 1.82) is 0 Å². The van der Waals surface area contributed by atoms with Crippen molar-refractivity contribution in [3.05, 3.63) is 143 Å². The Kier molecular flexibility index (Phi) is 4.86. The molecule has 4 aromatic carbocycles. The third kappa shape index (κ3) is 3.42. The fraction of sp³-hybridized carbons (Fsp3) is 0.129. The molecule has 0 aromatic heterocycles. The third-order valence-corrected chi connectivity index (χ3v) is 7.42. The molecule has 2 aliphatic heterocycles. The van der Waals surface area contributed by atoms with Gasteiger partial charge in [0.15, 0.2) is 12.5 Å². The van der Waals surface area contributed by atoms with Gasteiger partial charge in [0.1, 0.15) is 0 Å². The maximum atomic E-state index is 5.30. The summed E-state index contributed by atoms with van der Waals surface area (Å²) in [7, 11) is 0. The zero-order valence-electron chi connectivity index (χ0n) is 19.3. The molecular formula is C31H27N4+. The van der Waals surface area contributed by atoms with Crippen LogP contribution in [-0.2, 0) is 0 Å². The van der Waals surface area contributed by atoms with E-state index in [9.17, 15) is 0 Å². The van der Waals surface area contributed by atoms with Gasteiger partial charge in [-0.05, 0) is 34.9 Å². The number of hydrogen-bond acceptors (Lipinski definition) is 3. The van der Waals surface area contributed by atoms with Gasteiger partial charge < -0.3 is 4.90 Å². The number of anilines is 1. The summed E-state index contributed by atoms with van der Waals surface area (Å²) in [6.45, 7) is 0. The largest absolute Gasteiger partial charge is 0.329 e. The van der Waals surface area contributed by atoms with E-state index in [0.29, 0.717) is 5.92 Å². The SMILES string of the molecule is C1=CC2C(c3ccccc31)c1ccccc1N2C1N=C(c2ccccc2)[NH2+]C(c2ccccc2)N1. The Morgan fingerprint density at radius 3 is 2.23 bits per heavy atom. The van der Waals surface area contributed by atoms with Gasteiger partial charge in [-0.1, -0.05) is 103 Å². The van der Waals surface area contributed by atoms with Crippen molar-refractivity contribution in [2.24, 2.45) is 4.99 Å². The molecule has 3 aliphatic rings. The smallest absolute Gasteiger partial charge is 0.231 e. The predicted octanol–water partition coefficient (Wildman–Crippen LogP) is 4.63. The van der Waals surface area contributed by atoms with Crippen LogP contribution in [0.25, 0.3) is 6.08 Å². The summed E-state index contributed by atoms with van der Waals surface area (Å²) >= 11 is 0. The topological polar surface area (TPSA) is 44.2 Å². The highest BCUT2D eigenvalue weighted by Crippen LogP contribution is 2.49. The van der Waals surface area contributed by atoms with E-state index in [4.69, 9.17) is 4.99 Å². The van der Waals surface area contributed by atoms with Crippen LogP contribution in [0.1, 0.15) is 39.9 Å². The Labute approximate surface area is 205 Å². The number of nitrogens with two attached hydrogens (primary N) is 1. The number of amidine groups is 1. The first-order chi connectivity index (χ1) is 17.4. The second-order valence-electron chi connectivity index (χ2n) is 9.40. The maximum Gasteiger partial charge on any atom is 0.231 e. The average Bonchev–Trinajstić information content (AvgIpc) is 3.29. The number of fused-ring (bicyclic) bond motifs is 5. The first-order valence-electron chi connectivity index (χ1n) is 12.3. The molecule has 0 amide bonds. The summed E-state index contributed by atoms with van der Waals surface area (Å²) in [6.07, 6.45) is 4.52. The Morgan fingerprint density at radius 2 is 1.40 bits per heavy atom. The van der Waals surface area contributed by atoms with E-state index in [0.717, 1.165) is 11.4 Å². The lowest BCUT2D eigenvalue weighted by Crippen LogP contribution is -2.94. The van der Waals surface area contributed by atoms with Crippen molar-refractivity contribution in [2.75, 3.05) is 4.90 Å². The summed E-state index contributed by atoms with van der Waals surface area (Å²) in [5.74, 6) is 1.33. The highest BCUT2D eigenvalue weighted by Gasteiger charge is 2.45.